The lowest BCUT2D eigenvalue weighted by Crippen LogP contribution is -1.92. The van der Waals surface area contributed by atoms with E-state index in [1.54, 1.807) is 35.1 Å². The second kappa shape index (κ2) is 7.65. The van der Waals surface area contributed by atoms with Gasteiger partial charge in [0, 0.05) is 29.1 Å². The van der Waals surface area contributed by atoms with E-state index in [1.165, 1.54) is 0 Å². The molecular weight excluding hydrogens is 388 g/mol. The van der Waals surface area contributed by atoms with Gasteiger partial charge in [-0.05, 0) is 42.5 Å². The second-order valence-corrected chi connectivity index (χ2v) is 6.90. The molecule has 0 aliphatic rings. The molecule has 0 unspecified atom stereocenters. The van der Waals surface area contributed by atoms with Crippen molar-refractivity contribution in [2.75, 3.05) is 0 Å². The Balaban J connectivity index is 1.52. The maximum atomic E-state index is 10.1. The predicted octanol–water partition coefficient (Wildman–Crippen LogP) is 5.43. The molecule has 6 heteroatoms. The van der Waals surface area contributed by atoms with Crippen LogP contribution in [0.25, 0.3) is 28.0 Å². The minimum absolute atomic E-state index is 0.158. The third-order valence-electron chi connectivity index (χ3n) is 4.91. The molecule has 2 aromatic heterocycles. The molecule has 0 bridgehead atoms. The summed E-state index contributed by atoms with van der Waals surface area (Å²) in [5, 5.41) is 24.5. The van der Waals surface area contributed by atoms with Crippen LogP contribution in [-0.4, -0.2) is 19.7 Å². The van der Waals surface area contributed by atoms with Crippen molar-refractivity contribution in [2.24, 2.45) is 0 Å². The smallest absolute Gasteiger partial charge is 0.173 e. The molecule has 0 radical (unpaired) electrons. The van der Waals surface area contributed by atoms with Gasteiger partial charge in [0.05, 0.1) is 0 Å². The van der Waals surface area contributed by atoms with Crippen LogP contribution in [0.3, 0.4) is 0 Å². The highest BCUT2D eigenvalue weighted by Gasteiger charge is 2.17. The number of aromatic hydroxyl groups is 1. The fraction of sp³-hybridized carbons (Fsp3) is 0. The zero-order valence-corrected chi connectivity index (χ0v) is 16.3. The molecule has 0 saturated carbocycles. The lowest BCUT2D eigenvalue weighted by atomic mass is 10.1. The molecular formula is C25H16N4O2. The zero-order valence-electron chi connectivity index (χ0n) is 16.3. The summed E-state index contributed by atoms with van der Waals surface area (Å²) < 4.78 is 7.41. The molecule has 2 heterocycles. The van der Waals surface area contributed by atoms with Crippen LogP contribution >= 0.6 is 0 Å². The van der Waals surface area contributed by atoms with E-state index in [4.69, 9.17) is 4.74 Å². The SMILES string of the molecule is N#Cc1c(-c2ccc(Oc3ccccc3)cc2)nn2cc(-c3ccccc3O)cnc12. The normalized spacial score (nSPS) is 10.7. The fourth-order valence-corrected chi connectivity index (χ4v) is 3.40. The molecule has 0 aliphatic carbocycles. The van der Waals surface area contributed by atoms with Crippen molar-refractivity contribution in [3.63, 3.8) is 0 Å². The lowest BCUT2D eigenvalue weighted by molar-refractivity contribution is 0.477. The van der Waals surface area contributed by atoms with Crippen molar-refractivity contribution < 1.29 is 9.84 Å². The second-order valence-electron chi connectivity index (χ2n) is 6.90. The summed E-state index contributed by atoms with van der Waals surface area (Å²) in [6.07, 6.45) is 3.39. The summed E-state index contributed by atoms with van der Waals surface area (Å²) in [6.45, 7) is 0. The topological polar surface area (TPSA) is 83.4 Å². The van der Waals surface area contributed by atoms with Crippen LogP contribution in [0.2, 0.25) is 0 Å². The van der Waals surface area contributed by atoms with Crippen LogP contribution in [0.1, 0.15) is 5.56 Å². The number of hydrogen-bond acceptors (Lipinski definition) is 5. The third-order valence-corrected chi connectivity index (χ3v) is 4.91. The molecule has 148 valence electrons. The summed E-state index contributed by atoms with van der Waals surface area (Å²) in [5.41, 5.74) is 3.52. The minimum atomic E-state index is 0.158. The highest BCUT2D eigenvalue weighted by atomic mass is 16.5. The lowest BCUT2D eigenvalue weighted by Gasteiger charge is -2.05. The van der Waals surface area contributed by atoms with Crippen molar-refractivity contribution in [1.29, 1.82) is 5.26 Å². The Morgan fingerprint density at radius 1 is 0.839 bits per heavy atom. The molecule has 0 spiro atoms. The van der Waals surface area contributed by atoms with E-state index in [0.29, 0.717) is 33.8 Å². The number of para-hydroxylation sites is 2. The first-order valence-electron chi connectivity index (χ1n) is 9.63. The number of rotatable bonds is 4. The first-order chi connectivity index (χ1) is 15.2. The number of nitriles is 1. The van der Waals surface area contributed by atoms with E-state index in [-0.39, 0.29) is 5.75 Å². The number of phenols is 1. The van der Waals surface area contributed by atoms with Crippen LogP contribution < -0.4 is 4.74 Å². The Morgan fingerprint density at radius 2 is 1.55 bits per heavy atom. The predicted molar refractivity (Wildman–Crippen MR) is 117 cm³/mol. The van der Waals surface area contributed by atoms with Gasteiger partial charge < -0.3 is 9.84 Å². The summed E-state index contributed by atoms with van der Waals surface area (Å²) in [5.74, 6) is 1.60. The van der Waals surface area contributed by atoms with Crippen LogP contribution in [-0.2, 0) is 0 Å². The zero-order chi connectivity index (χ0) is 21.2. The molecule has 0 aliphatic heterocycles. The van der Waals surface area contributed by atoms with Gasteiger partial charge in [0.25, 0.3) is 0 Å². The number of ether oxygens (including phenoxy) is 1. The maximum absolute atomic E-state index is 10.1. The molecule has 1 N–H and O–H groups in total. The third kappa shape index (κ3) is 3.45. The molecule has 5 aromatic rings. The van der Waals surface area contributed by atoms with Gasteiger partial charge in [-0.2, -0.15) is 10.4 Å². The van der Waals surface area contributed by atoms with Crippen LogP contribution in [0.4, 0.5) is 0 Å². The van der Waals surface area contributed by atoms with Crippen LogP contribution in [0.15, 0.2) is 91.3 Å². The van der Waals surface area contributed by atoms with Gasteiger partial charge in [0.2, 0.25) is 0 Å². The van der Waals surface area contributed by atoms with Crippen molar-refractivity contribution in [1.82, 2.24) is 14.6 Å². The Kier molecular flexibility index (Phi) is 4.54. The Bertz CT molecular complexity index is 1420. The van der Waals surface area contributed by atoms with E-state index in [2.05, 4.69) is 16.2 Å². The van der Waals surface area contributed by atoms with E-state index in [0.717, 1.165) is 11.3 Å². The number of hydrogen-bond donors (Lipinski definition) is 1. The van der Waals surface area contributed by atoms with Crippen LogP contribution in [0.5, 0.6) is 17.2 Å². The highest BCUT2D eigenvalue weighted by molar-refractivity contribution is 5.77. The molecule has 31 heavy (non-hydrogen) atoms. The summed E-state index contributed by atoms with van der Waals surface area (Å²) in [7, 11) is 0. The van der Waals surface area contributed by atoms with Crippen LogP contribution in [0, 0.1) is 11.3 Å². The average Bonchev–Trinajstić information content (AvgIpc) is 3.18. The Labute approximate surface area is 178 Å². The maximum Gasteiger partial charge on any atom is 0.173 e. The van der Waals surface area contributed by atoms with Gasteiger partial charge in [0.15, 0.2) is 5.65 Å². The molecule has 6 nitrogen and oxygen atoms in total. The summed E-state index contributed by atoms with van der Waals surface area (Å²) in [6, 6.07) is 26.2. The average molecular weight is 404 g/mol. The highest BCUT2D eigenvalue weighted by Crippen LogP contribution is 2.31. The van der Waals surface area contributed by atoms with Crippen molar-refractivity contribution >= 4 is 5.65 Å². The number of nitrogens with zero attached hydrogens (tertiary/aromatic N) is 4. The van der Waals surface area contributed by atoms with Gasteiger partial charge in [-0.15, -0.1) is 0 Å². The minimum Gasteiger partial charge on any atom is -0.507 e. The number of benzene rings is 3. The van der Waals surface area contributed by atoms with E-state index >= 15 is 0 Å². The standard InChI is InChI=1S/C25H16N4O2/c26-14-22-24(17-10-12-20(13-11-17)31-19-6-2-1-3-7-19)28-29-16-18(15-27-25(22)29)21-8-4-5-9-23(21)30/h1-13,15-16,30H. The fourth-order valence-electron chi connectivity index (χ4n) is 3.40. The first kappa shape index (κ1) is 18.4. The largest absolute Gasteiger partial charge is 0.507 e. The number of fused-ring (bicyclic) bond motifs is 1. The van der Waals surface area contributed by atoms with Gasteiger partial charge in [0.1, 0.15) is 34.6 Å². The molecule has 0 fully saturated rings. The van der Waals surface area contributed by atoms with Gasteiger partial charge in [-0.1, -0.05) is 36.4 Å². The quantitative estimate of drug-likeness (QED) is 0.432. The number of phenolic OH excluding ortho intramolecular Hbond substituents is 1. The van der Waals surface area contributed by atoms with Crippen molar-refractivity contribution in [2.45, 2.75) is 0 Å². The van der Waals surface area contributed by atoms with Gasteiger partial charge in [-0.25, -0.2) is 9.50 Å². The van der Waals surface area contributed by atoms with Crippen molar-refractivity contribution in [3.05, 3.63) is 96.8 Å². The summed E-state index contributed by atoms with van der Waals surface area (Å²) in [4.78, 5) is 4.43. The first-order valence-corrected chi connectivity index (χ1v) is 9.63. The van der Waals surface area contributed by atoms with E-state index < -0.39 is 0 Å². The number of aromatic nitrogens is 3. The Hall–Kier alpha value is -4.63. The summed E-state index contributed by atoms with van der Waals surface area (Å²) >= 11 is 0. The monoisotopic (exact) mass is 404 g/mol. The molecule has 0 saturated heterocycles. The molecule has 3 aromatic carbocycles. The van der Waals surface area contributed by atoms with Gasteiger partial charge >= 0.3 is 0 Å². The molecule has 0 amide bonds. The Morgan fingerprint density at radius 3 is 2.29 bits per heavy atom. The van der Waals surface area contributed by atoms with E-state index in [1.807, 2.05) is 60.7 Å². The molecule has 5 rings (SSSR count). The van der Waals surface area contributed by atoms with Gasteiger partial charge in [-0.3, -0.25) is 0 Å². The van der Waals surface area contributed by atoms with E-state index in [9.17, 15) is 10.4 Å². The van der Waals surface area contributed by atoms with Crippen molar-refractivity contribution in [3.8, 4) is 45.7 Å². The molecule has 0 atom stereocenters.